The van der Waals surface area contributed by atoms with Gasteiger partial charge in [-0.2, -0.15) is 5.10 Å². The number of amides is 2. The third-order valence-electron chi connectivity index (χ3n) is 11.9. The van der Waals surface area contributed by atoms with Crippen LogP contribution in [0.15, 0.2) is 42.6 Å². The van der Waals surface area contributed by atoms with Crippen LogP contribution in [0, 0.1) is 17.9 Å². The van der Waals surface area contributed by atoms with Crippen molar-refractivity contribution in [1.82, 2.24) is 28.9 Å². The topological polar surface area (TPSA) is 119 Å². The minimum absolute atomic E-state index is 0.0459. The third-order valence-corrected chi connectivity index (χ3v) is 13.5. The molecule has 4 aromatic rings. The van der Waals surface area contributed by atoms with Gasteiger partial charge in [0.05, 0.1) is 54.6 Å². The van der Waals surface area contributed by atoms with E-state index in [-0.39, 0.29) is 41.3 Å². The number of benzene rings is 2. The molecular formula is C44H52N6O5S. The van der Waals surface area contributed by atoms with Crippen molar-refractivity contribution in [1.29, 1.82) is 0 Å². The van der Waals surface area contributed by atoms with Crippen molar-refractivity contribution in [2.45, 2.75) is 104 Å². The van der Waals surface area contributed by atoms with Gasteiger partial charge in [-0.05, 0) is 98.6 Å². The number of sulfonamides is 1. The van der Waals surface area contributed by atoms with E-state index in [1.54, 1.807) is 19.4 Å². The summed E-state index contributed by atoms with van der Waals surface area (Å²) in [5.74, 6) is 3.36. The molecule has 2 aromatic carbocycles. The number of hydrogen-bond acceptors (Lipinski definition) is 7. The predicted molar refractivity (Wildman–Crippen MR) is 220 cm³/mol. The van der Waals surface area contributed by atoms with Crippen molar-refractivity contribution in [3.8, 4) is 29.0 Å². The number of likely N-dealkylation sites (N-methyl/N-ethyl adjacent to an activating group) is 1. The van der Waals surface area contributed by atoms with Crippen LogP contribution in [0.1, 0.15) is 123 Å². The molecule has 2 aromatic heterocycles. The molecule has 0 spiro atoms. The average molecular weight is 777 g/mol. The molecule has 2 bridgehead atoms. The molecule has 56 heavy (non-hydrogen) atoms. The number of hydrogen-bond donors (Lipinski definition) is 1. The van der Waals surface area contributed by atoms with Gasteiger partial charge >= 0.3 is 0 Å². The first-order valence-corrected chi connectivity index (χ1v) is 21.8. The Morgan fingerprint density at radius 1 is 1.04 bits per heavy atom. The van der Waals surface area contributed by atoms with Crippen molar-refractivity contribution >= 4 is 44.4 Å². The molecular weight excluding hydrogens is 725 g/mol. The van der Waals surface area contributed by atoms with Crippen LogP contribution in [0.3, 0.4) is 0 Å². The molecule has 11 nitrogen and oxygen atoms in total. The number of nitrogens with one attached hydrogen (secondary N) is 1. The summed E-state index contributed by atoms with van der Waals surface area (Å²) in [5, 5.41) is 5.90. The molecule has 8 rings (SSSR count). The number of carbonyl (C=O) groups excluding carboxylic acids is 2. The van der Waals surface area contributed by atoms with E-state index < -0.39 is 15.9 Å². The van der Waals surface area contributed by atoms with Crippen molar-refractivity contribution in [3.63, 3.8) is 0 Å². The van der Waals surface area contributed by atoms with Gasteiger partial charge < -0.3 is 19.1 Å². The SMILES string of the molecule is CCN1C#C[C@H]2C[C@@H]1CN2C(=O)c1cnn(C(C)C)c1C1=Cc2cc(OC)ccc2-c2c(C3CCCCC3)c3ccc(C(=O)NS(=O)(=O)CC(C)C)cc3n2C1. The molecule has 2 atom stereocenters. The van der Waals surface area contributed by atoms with Crippen LogP contribution in [-0.2, 0) is 16.6 Å². The summed E-state index contributed by atoms with van der Waals surface area (Å²) in [6.07, 6.45) is 10.3. The van der Waals surface area contributed by atoms with Gasteiger partial charge in [-0.25, -0.2) is 13.1 Å². The Labute approximate surface area is 330 Å². The Kier molecular flexibility index (Phi) is 10.0. The highest BCUT2D eigenvalue weighted by Gasteiger charge is 2.41. The number of ether oxygens (including phenoxy) is 1. The predicted octanol–water partition coefficient (Wildman–Crippen LogP) is 7.29. The van der Waals surface area contributed by atoms with E-state index in [0.29, 0.717) is 24.6 Å². The number of carbonyl (C=O) groups is 2. The summed E-state index contributed by atoms with van der Waals surface area (Å²) < 4.78 is 38.1. The molecule has 12 heteroatoms. The molecule has 294 valence electrons. The average Bonchev–Trinajstić information content (AvgIpc) is 3.82. The highest BCUT2D eigenvalue weighted by Crippen LogP contribution is 2.48. The lowest BCUT2D eigenvalue weighted by molar-refractivity contribution is 0.0760. The zero-order chi connectivity index (χ0) is 39.5. The van der Waals surface area contributed by atoms with Crippen LogP contribution < -0.4 is 9.46 Å². The fraction of sp³-hybridized carbons (Fsp3) is 0.477. The standard InChI is InChI=1S/C44H52N6O5S/c1-7-47-18-17-33-22-34(47)25-48(33)44(52)38-23-45-50(28(4)5)41(38)32-19-31-20-35(55-6)14-16-36(31)42-40(29-11-9-8-10-12-29)37-15-13-30(21-39(37)49(42)24-32)43(51)46-56(53,54)26-27(2)3/h13-16,19-21,23,27-29,33-34H,7-12,22,24-26H2,1-6H3,(H,46,51)/t33-,34+/m0/s1. The van der Waals surface area contributed by atoms with Gasteiger partial charge in [-0.3, -0.25) is 14.3 Å². The molecule has 0 unspecified atom stereocenters. The highest BCUT2D eigenvalue weighted by atomic mass is 32.2. The minimum atomic E-state index is -3.83. The van der Waals surface area contributed by atoms with E-state index >= 15 is 0 Å². The Morgan fingerprint density at radius 3 is 2.54 bits per heavy atom. The summed E-state index contributed by atoms with van der Waals surface area (Å²) in [6.45, 7) is 11.7. The zero-order valence-electron chi connectivity index (χ0n) is 33.3. The molecule has 3 aliphatic heterocycles. The Hall–Kier alpha value is -5.02. The molecule has 5 heterocycles. The van der Waals surface area contributed by atoms with E-state index in [0.717, 1.165) is 83.4 Å². The van der Waals surface area contributed by atoms with Crippen molar-refractivity contribution in [2.75, 3.05) is 26.0 Å². The van der Waals surface area contributed by atoms with Gasteiger partial charge in [-0.1, -0.05) is 45.1 Å². The third kappa shape index (κ3) is 6.78. The van der Waals surface area contributed by atoms with Gasteiger partial charge in [0, 0.05) is 53.6 Å². The number of rotatable bonds is 10. The van der Waals surface area contributed by atoms with Crippen LogP contribution in [0.2, 0.25) is 0 Å². The molecule has 1 aliphatic carbocycles. The minimum Gasteiger partial charge on any atom is -0.497 e. The summed E-state index contributed by atoms with van der Waals surface area (Å²) in [4.78, 5) is 32.4. The van der Waals surface area contributed by atoms with E-state index in [1.165, 1.54) is 12.0 Å². The van der Waals surface area contributed by atoms with Crippen molar-refractivity contribution in [3.05, 3.63) is 70.5 Å². The van der Waals surface area contributed by atoms with Crippen LogP contribution in [0.25, 0.3) is 33.8 Å². The van der Waals surface area contributed by atoms with E-state index in [2.05, 4.69) is 65.1 Å². The van der Waals surface area contributed by atoms with Crippen molar-refractivity contribution < 1.29 is 22.7 Å². The Balaban J connectivity index is 1.32. The van der Waals surface area contributed by atoms with Gasteiger partial charge in [-0.15, -0.1) is 0 Å². The number of allylic oxidation sites excluding steroid dienone is 1. The van der Waals surface area contributed by atoms with Gasteiger partial charge in [0.2, 0.25) is 10.0 Å². The van der Waals surface area contributed by atoms with Crippen molar-refractivity contribution in [2.24, 2.45) is 5.92 Å². The smallest absolute Gasteiger partial charge is 0.264 e. The van der Waals surface area contributed by atoms with Crippen LogP contribution in [0.5, 0.6) is 5.75 Å². The molecule has 2 fully saturated rings. The highest BCUT2D eigenvalue weighted by molar-refractivity contribution is 7.90. The molecule has 0 radical (unpaired) electrons. The lowest BCUT2D eigenvalue weighted by Gasteiger charge is -2.24. The first-order chi connectivity index (χ1) is 26.9. The summed E-state index contributed by atoms with van der Waals surface area (Å²) in [7, 11) is -2.16. The maximum Gasteiger partial charge on any atom is 0.264 e. The summed E-state index contributed by atoms with van der Waals surface area (Å²) in [5.41, 5.74) is 7.63. The quantitative estimate of drug-likeness (QED) is 0.168. The lowest BCUT2D eigenvalue weighted by Crippen LogP contribution is -2.36. The number of likely N-dealkylation sites (tertiary alicyclic amines) is 1. The fourth-order valence-corrected chi connectivity index (χ4v) is 10.7. The van der Waals surface area contributed by atoms with Gasteiger partial charge in [0.15, 0.2) is 0 Å². The van der Waals surface area contributed by atoms with Crippen LogP contribution >= 0.6 is 0 Å². The molecule has 1 saturated heterocycles. The molecule has 1 N–H and O–H groups in total. The second-order valence-corrected chi connectivity index (χ2v) is 18.3. The molecule has 2 amide bonds. The maximum absolute atomic E-state index is 14.7. The lowest BCUT2D eigenvalue weighted by atomic mass is 9.81. The summed E-state index contributed by atoms with van der Waals surface area (Å²) >= 11 is 0. The number of fused-ring (bicyclic) bond motifs is 7. The Morgan fingerprint density at radius 2 is 1.82 bits per heavy atom. The molecule has 4 aliphatic rings. The number of methoxy groups -OCH3 is 1. The second kappa shape index (κ2) is 14.8. The zero-order valence-corrected chi connectivity index (χ0v) is 34.1. The number of nitrogens with zero attached hydrogens (tertiary/aromatic N) is 5. The van der Waals surface area contributed by atoms with E-state index in [1.807, 2.05) is 41.6 Å². The Bertz CT molecular complexity index is 2420. The first kappa shape index (κ1) is 37.9. The molecule has 1 saturated carbocycles. The van der Waals surface area contributed by atoms with E-state index in [9.17, 15) is 18.0 Å². The maximum atomic E-state index is 14.7. The normalized spacial score (nSPS) is 19.4. The van der Waals surface area contributed by atoms with Gasteiger partial charge in [0.1, 0.15) is 5.75 Å². The second-order valence-electron chi connectivity index (χ2n) is 16.5. The fourth-order valence-electron chi connectivity index (χ4n) is 9.38. The van der Waals surface area contributed by atoms with Crippen LogP contribution in [-0.4, -0.2) is 82.4 Å². The van der Waals surface area contributed by atoms with E-state index in [4.69, 9.17) is 9.84 Å². The van der Waals surface area contributed by atoms with Crippen LogP contribution in [0.4, 0.5) is 0 Å². The monoisotopic (exact) mass is 776 g/mol. The van der Waals surface area contributed by atoms with Gasteiger partial charge in [0.25, 0.3) is 11.8 Å². The summed E-state index contributed by atoms with van der Waals surface area (Å²) in [6, 6.07) is 15.0. The number of aromatic nitrogens is 3. The first-order valence-electron chi connectivity index (χ1n) is 20.1. The largest absolute Gasteiger partial charge is 0.497 e.